The maximum Gasteiger partial charge on any atom is 0.231 e. The first kappa shape index (κ1) is 14.8. The first-order valence-electron chi connectivity index (χ1n) is 8.65. The Labute approximate surface area is 142 Å². The number of rotatable bonds is 1. The zero-order chi connectivity index (χ0) is 16.5. The summed E-state index contributed by atoms with van der Waals surface area (Å²) in [5, 5.41) is 0. The van der Waals surface area contributed by atoms with E-state index in [2.05, 4.69) is 43.2 Å². The maximum atomic E-state index is 6.47. The first-order valence-corrected chi connectivity index (χ1v) is 8.65. The molecule has 5 atom stereocenters. The number of fused-ring (bicyclic) bond motifs is 2. The Morgan fingerprint density at radius 1 is 1.25 bits per heavy atom. The number of hydrogen-bond donors (Lipinski definition) is 0. The summed E-state index contributed by atoms with van der Waals surface area (Å²) in [5.74, 6) is 1.68. The van der Waals surface area contributed by atoms with E-state index in [9.17, 15) is 0 Å². The minimum absolute atomic E-state index is 0.0609. The van der Waals surface area contributed by atoms with Crippen LogP contribution in [-0.2, 0) is 14.9 Å². The summed E-state index contributed by atoms with van der Waals surface area (Å²) in [5.41, 5.74) is 2.42. The number of hydrogen-bond acceptors (Lipinski definition) is 5. The molecule has 0 aromatic heterocycles. The number of methoxy groups -OCH3 is 1. The summed E-state index contributed by atoms with van der Waals surface area (Å²) >= 11 is 0. The van der Waals surface area contributed by atoms with Crippen LogP contribution in [0.3, 0.4) is 0 Å². The molecule has 0 N–H and O–H groups in total. The van der Waals surface area contributed by atoms with Crippen LogP contribution in [0.25, 0.3) is 0 Å². The fraction of sp³-hybridized carbons (Fsp3) is 0.579. The molecule has 128 valence electrons. The third-order valence-corrected chi connectivity index (χ3v) is 6.23. The molecule has 0 bridgehead atoms. The Morgan fingerprint density at radius 3 is 2.83 bits per heavy atom. The topological polar surface area (TPSA) is 40.2 Å². The van der Waals surface area contributed by atoms with Crippen LogP contribution in [0.15, 0.2) is 24.3 Å². The molecule has 0 saturated carbocycles. The zero-order valence-corrected chi connectivity index (χ0v) is 14.3. The van der Waals surface area contributed by atoms with Gasteiger partial charge in [0.2, 0.25) is 6.79 Å². The van der Waals surface area contributed by atoms with Gasteiger partial charge in [0, 0.05) is 19.7 Å². The van der Waals surface area contributed by atoms with E-state index in [1.807, 2.05) is 0 Å². The highest BCUT2D eigenvalue weighted by Gasteiger charge is 2.58. The van der Waals surface area contributed by atoms with Gasteiger partial charge in [0.1, 0.15) is 0 Å². The standard InChI is InChI=1S/C19H23NO4/c1-11-13-7-15-16(23-10-22-15)8-14(13)19-5-4-12(21-3)6-17(19)20(2)9-18(19)24-11/h4-5,7-8,11-12,17-18H,6,9-10H2,1-3H3/t11-,12+,17-,18-,19-/m0/s1. The van der Waals surface area contributed by atoms with Crippen LogP contribution < -0.4 is 9.47 Å². The molecule has 1 aromatic carbocycles. The van der Waals surface area contributed by atoms with Crippen molar-refractivity contribution in [1.82, 2.24) is 4.90 Å². The Hall–Kier alpha value is -1.56. The highest BCUT2D eigenvalue weighted by molar-refractivity contribution is 5.56. The summed E-state index contributed by atoms with van der Waals surface area (Å²) in [6, 6.07) is 4.66. The fourth-order valence-electron chi connectivity index (χ4n) is 5.04. The maximum absolute atomic E-state index is 6.47. The number of benzene rings is 1. The van der Waals surface area contributed by atoms with Gasteiger partial charge in [-0.3, -0.25) is 4.90 Å². The molecule has 0 unspecified atom stereocenters. The molecule has 1 saturated heterocycles. The minimum Gasteiger partial charge on any atom is -0.454 e. The fourth-order valence-corrected chi connectivity index (χ4v) is 5.04. The molecule has 0 amide bonds. The Bertz CT molecular complexity index is 718. The molecule has 4 aliphatic rings. The van der Waals surface area contributed by atoms with Crippen molar-refractivity contribution in [3.63, 3.8) is 0 Å². The average molecular weight is 329 g/mol. The lowest BCUT2D eigenvalue weighted by molar-refractivity contribution is -0.0402. The number of nitrogens with zero attached hydrogens (tertiary/aromatic N) is 1. The van der Waals surface area contributed by atoms with Crippen LogP contribution in [-0.4, -0.2) is 50.6 Å². The lowest BCUT2D eigenvalue weighted by Gasteiger charge is -2.47. The van der Waals surface area contributed by atoms with Gasteiger partial charge < -0.3 is 18.9 Å². The van der Waals surface area contributed by atoms with Crippen molar-refractivity contribution < 1.29 is 18.9 Å². The van der Waals surface area contributed by atoms with Crippen molar-refractivity contribution in [3.8, 4) is 11.5 Å². The molecule has 3 aliphatic heterocycles. The molecule has 1 aliphatic carbocycles. The van der Waals surface area contributed by atoms with Gasteiger partial charge in [0.15, 0.2) is 11.5 Å². The molecule has 5 rings (SSSR count). The highest BCUT2D eigenvalue weighted by atomic mass is 16.7. The molecular formula is C19H23NO4. The van der Waals surface area contributed by atoms with Crippen LogP contribution in [0.5, 0.6) is 11.5 Å². The number of likely N-dealkylation sites (N-methyl/N-ethyl adjacent to an activating group) is 1. The van der Waals surface area contributed by atoms with Crippen LogP contribution in [0, 0.1) is 0 Å². The second-order valence-corrected chi connectivity index (χ2v) is 7.32. The summed E-state index contributed by atoms with van der Waals surface area (Å²) in [6.45, 7) is 3.37. The first-order chi connectivity index (χ1) is 11.6. The monoisotopic (exact) mass is 329 g/mol. The van der Waals surface area contributed by atoms with E-state index >= 15 is 0 Å². The third-order valence-electron chi connectivity index (χ3n) is 6.23. The van der Waals surface area contributed by atoms with Gasteiger partial charge in [-0.15, -0.1) is 0 Å². The van der Waals surface area contributed by atoms with Crippen molar-refractivity contribution in [1.29, 1.82) is 0 Å². The predicted octanol–water partition coefficient (Wildman–Crippen LogP) is 2.40. The van der Waals surface area contributed by atoms with Gasteiger partial charge in [-0.1, -0.05) is 12.2 Å². The SMILES string of the molecule is CO[C@@H]1C=C[C@@]23c4cc5c(cc4[C@H](C)O[C@H]2CN(C)[C@H]3C1)OCO5. The van der Waals surface area contributed by atoms with Crippen molar-refractivity contribution in [2.24, 2.45) is 0 Å². The normalized spacial score (nSPS) is 39.5. The molecule has 0 radical (unpaired) electrons. The van der Waals surface area contributed by atoms with Gasteiger partial charge >= 0.3 is 0 Å². The van der Waals surface area contributed by atoms with E-state index in [0.717, 1.165) is 24.5 Å². The van der Waals surface area contributed by atoms with E-state index in [1.165, 1.54) is 11.1 Å². The van der Waals surface area contributed by atoms with Crippen LogP contribution in [0.2, 0.25) is 0 Å². The van der Waals surface area contributed by atoms with Crippen molar-refractivity contribution in [2.75, 3.05) is 27.5 Å². The van der Waals surface area contributed by atoms with Gasteiger partial charge in [-0.25, -0.2) is 0 Å². The number of likely N-dealkylation sites (tertiary alicyclic amines) is 1. The smallest absolute Gasteiger partial charge is 0.231 e. The van der Waals surface area contributed by atoms with Crippen LogP contribution in [0.4, 0.5) is 0 Å². The minimum atomic E-state index is -0.132. The molecule has 1 fully saturated rings. The Kier molecular flexibility index (Phi) is 3.06. The van der Waals surface area contributed by atoms with E-state index in [-0.39, 0.29) is 23.7 Å². The number of ether oxygens (including phenoxy) is 4. The van der Waals surface area contributed by atoms with Gasteiger partial charge in [-0.05, 0) is 43.7 Å². The quantitative estimate of drug-likeness (QED) is 0.740. The zero-order valence-electron chi connectivity index (χ0n) is 14.3. The largest absolute Gasteiger partial charge is 0.454 e. The highest BCUT2D eigenvalue weighted by Crippen LogP contribution is 2.55. The molecule has 1 aromatic rings. The van der Waals surface area contributed by atoms with E-state index in [0.29, 0.717) is 12.8 Å². The third kappa shape index (κ3) is 1.75. The van der Waals surface area contributed by atoms with Gasteiger partial charge in [0.25, 0.3) is 0 Å². The molecule has 1 spiro atoms. The Balaban J connectivity index is 1.73. The summed E-state index contributed by atoms with van der Waals surface area (Å²) in [6.07, 6.45) is 5.90. The predicted molar refractivity (Wildman–Crippen MR) is 88.5 cm³/mol. The summed E-state index contributed by atoms with van der Waals surface area (Å²) in [7, 11) is 3.97. The lowest BCUT2D eigenvalue weighted by atomic mass is 9.65. The molecule has 5 heteroatoms. The van der Waals surface area contributed by atoms with E-state index in [4.69, 9.17) is 18.9 Å². The average Bonchev–Trinajstić information content (AvgIpc) is 3.16. The Morgan fingerprint density at radius 2 is 2.04 bits per heavy atom. The molecule has 24 heavy (non-hydrogen) atoms. The van der Waals surface area contributed by atoms with Crippen molar-refractivity contribution in [3.05, 3.63) is 35.4 Å². The second-order valence-electron chi connectivity index (χ2n) is 7.32. The molecule has 5 nitrogen and oxygen atoms in total. The van der Waals surface area contributed by atoms with Gasteiger partial charge in [-0.2, -0.15) is 0 Å². The van der Waals surface area contributed by atoms with E-state index in [1.54, 1.807) is 7.11 Å². The van der Waals surface area contributed by atoms with Crippen LogP contribution in [0.1, 0.15) is 30.6 Å². The van der Waals surface area contributed by atoms with E-state index < -0.39 is 0 Å². The molecule has 3 heterocycles. The summed E-state index contributed by atoms with van der Waals surface area (Å²) in [4.78, 5) is 2.42. The second kappa shape index (κ2) is 4.97. The molecular weight excluding hydrogens is 306 g/mol. The van der Waals surface area contributed by atoms with Crippen LogP contribution >= 0.6 is 0 Å². The summed E-state index contributed by atoms with van der Waals surface area (Å²) < 4.78 is 23.3. The van der Waals surface area contributed by atoms with Crippen molar-refractivity contribution >= 4 is 0 Å². The van der Waals surface area contributed by atoms with Crippen molar-refractivity contribution in [2.45, 2.75) is 43.1 Å². The van der Waals surface area contributed by atoms with Gasteiger partial charge in [0.05, 0.1) is 23.7 Å². The lowest BCUT2D eigenvalue weighted by Crippen LogP contribution is -2.52.